The van der Waals surface area contributed by atoms with E-state index in [2.05, 4.69) is 0 Å². The lowest BCUT2D eigenvalue weighted by atomic mass is 9.71. The van der Waals surface area contributed by atoms with Crippen LogP contribution in [0.5, 0.6) is 5.75 Å². The van der Waals surface area contributed by atoms with Gasteiger partial charge in [0.05, 0.1) is 11.5 Å². The van der Waals surface area contributed by atoms with Gasteiger partial charge in [0, 0.05) is 5.02 Å². The Hall–Kier alpha value is -2.42. The summed E-state index contributed by atoms with van der Waals surface area (Å²) in [7, 11) is 0. The van der Waals surface area contributed by atoms with Gasteiger partial charge < -0.3 is 24.7 Å². The molecule has 0 aliphatic carbocycles. The fourth-order valence-electron chi connectivity index (χ4n) is 4.49. The second kappa shape index (κ2) is 10.0. The normalized spacial score (nSPS) is 23.5. The molecule has 2 aromatic carbocycles. The lowest BCUT2D eigenvalue weighted by Gasteiger charge is -2.52. The van der Waals surface area contributed by atoms with Crippen molar-refractivity contribution < 1.29 is 23.7 Å². The molecule has 1 aliphatic heterocycles. The van der Waals surface area contributed by atoms with Crippen LogP contribution in [0.25, 0.3) is 10.4 Å². The van der Waals surface area contributed by atoms with Crippen LogP contribution in [0.4, 0.5) is 0 Å². The number of hydrogen-bond donors (Lipinski definition) is 1. The molecule has 8 heteroatoms. The molecule has 6 nitrogen and oxygen atoms in total. The number of hydrogen-bond acceptors (Lipinski definition) is 7. The minimum absolute atomic E-state index is 0.0502. The third-order valence-corrected chi connectivity index (χ3v) is 7.50. The highest BCUT2D eigenvalue weighted by atomic mass is 35.5. The summed E-state index contributed by atoms with van der Waals surface area (Å²) in [5, 5.41) is 2.33. The summed E-state index contributed by atoms with van der Waals surface area (Å²) in [6.45, 7) is 11.0. The van der Waals surface area contributed by atoms with Crippen molar-refractivity contribution in [3.05, 3.63) is 76.1 Å². The highest BCUT2D eigenvalue weighted by Gasteiger charge is 2.62. The summed E-state index contributed by atoms with van der Waals surface area (Å²) in [5.74, 6) is -0.781. The minimum Gasteiger partial charge on any atom is -0.487 e. The largest absolute Gasteiger partial charge is 0.487 e. The van der Waals surface area contributed by atoms with Crippen molar-refractivity contribution in [2.45, 2.75) is 70.7 Å². The number of nitrogens with two attached hydrogens (primary N) is 1. The fourth-order valence-corrected chi connectivity index (χ4v) is 5.67. The summed E-state index contributed by atoms with van der Waals surface area (Å²) < 4.78 is 24.0. The first kappa shape index (κ1) is 27.6. The van der Waals surface area contributed by atoms with Gasteiger partial charge >= 0.3 is 5.97 Å². The zero-order chi connectivity index (χ0) is 27.1. The minimum atomic E-state index is -1.49. The number of esters is 1. The zero-order valence-electron chi connectivity index (χ0n) is 22.1. The van der Waals surface area contributed by atoms with E-state index in [0.717, 1.165) is 21.8 Å². The van der Waals surface area contributed by atoms with Crippen LogP contribution in [0.3, 0.4) is 0 Å². The van der Waals surface area contributed by atoms with Gasteiger partial charge in [-0.2, -0.15) is 0 Å². The number of carbonyl (C=O) groups is 1. The SMILES string of the molecule is CC(C)(C)OC(=O)C1(c2ccc(-c3sccc3OCc3ccccc3)cc2Cl)COC(C)(C)OC1(C)N. The van der Waals surface area contributed by atoms with Crippen molar-refractivity contribution in [3.8, 4) is 16.2 Å². The molecule has 2 unspecified atom stereocenters. The Balaban J connectivity index is 1.71. The first-order chi connectivity index (χ1) is 17.2. The van der Waals surface area contributed by atoms with E-state index in [4.69, 9.17) is 36.3 Å². The van der Waals surface area contributed by atoms with Crippen molar-refractivity contribution in [1.82, 2.24) is 0 Å². The topological polar surface area (TPSA) is 80.0 Å². The summed E-state index contributed by atoms with van der Waals surface area (Å²) in [6.07, 6.45) is 0. The predicted octanol–water partition coefficient (Wildman–Crippen LogP) is 6.68. The van der Waals surface area contributed by atoms with E-state index in [9.17, 15) is 4.79 Å². The fraction of sp³-hybridized carbons (Fsp3) is 0.414. The molecule has 0 saturated carbocycles. The van der Waals surface area contributed by atoms with Gasteiger partial charge in [-0.3, -0.25) is 4.79 Å². The van der Waals surface area contributed by atoms with Gasteiger partial charge in [0.2, 0.25) is 0 Å². The Morgan fingerprint density at radius 1 is 1.11 bits per heavy atom. The Labute approximate surface area is 227 Å². The van der Waals surface area contributed by atoms with Crippen LogP contribution in [0.2, 0.25) is 5.02 Å². The van der Waals surface area contributed by atoms with Crippen LogP contribution in [-0.4, -0.2) is 29.7 Å². The Morgan fingerprint density at radius 2 is 1.81 bits per heavy atom. The highest BCUT2D eigenvalue weighted by molar-refractivity contribution is 7.14. The first-order valence-electron chi connectivity index (χ1n) is 12.2. The molecule has 37 heavy (non-hydrogen) atoms. The Kier molecular flexibility index (Phi) is 7.49. The van der Waals surface area contributed by atoms with Crippen molar-refractivity contribution in [1.29, 1.82) is 0 Å². The standard InChI is InChI=1S/C29H34ClNO5S/c1-26(2,3)35-25(32)29(18-34-27(4,5)36-28(29,6)31)21-13-12-20(16-22(21)30)24-23(14-15-37-24)33-17-19-10-8-7-9-11-19/h7-16H,17-18,31H2,1-6H3. The molecule has 0 bridgehead atoms. The lowest BCUT2D eigenvalue weighted by molar-refractivity contribution is -0.332. The molecule has 4 rings (SSSR count). The third-order valence-electron chi connectivity index (χ3n) is 6.25. The summed E-state index contributed by atoms with van der Waals surface area (Å²) in [6, 6.07) is 17.5. The van der Waals surface area contributed by atoms with E-state index in [1.165, 1.54) is 0 Å². The van der Waals surface area contributed by atoms with E-state index in [0.29, 0.717) is 17.2 Å². The van der Waals surface area contributed by atoms with E-state index in [-0.39, 0.29) is 6.61 Å². The van der Waals surface area contributed by atoms with Gasteiger partial charge in [-0.05, 0) is 75.7 Å². The van der Waals surface area contributed by atoms with Crippen molar-refractivity contribution in [2.75, 3.05) is 6.61 Å². The molecule has 1 fully saturated rings. The molecule has 2 atom stereocenters. The van der Waals surface area contributed by atoms with Gasteiger partial charge in [0.15, 0.2) is 11.2 Å². The number of halogens is 1. The number of benzene rings is 2. The van der Waals surface area contributed by atoms with Gasteiger partial charge in [-0.25, -0.2) is 0 Å². The van der Waals surface area contributed by atoms with Crippen LogP contribution in [0.1, 0.15) is 52.7 Å². The lowest BCUT2D eigenvalue weighted by Crippen LogP contribution is -2.71. The number of thiophene rings is 1. The number of ether oxygens (including phenoxy) is 4. The van der Waals surface area contributed by atoms with Crippen molar-refractivity contribution >= 4 is 28.9 Å². The van der Waals surface area contributed by atoms with Crippen molar-refractivity contribution in [3.63, 3.8) is 0 Å². The zero-order valence-corrected chi connectivity index (χ0v) is 23.7. The molecule has 198 valence electrons. The summed E-state index contributed by atoms with van der Waals surface area (Å²) >= 11 is 8.45. The number of rotatable bonds is 6. The van der Waals surface area contributed by atoms with E-state index < -0.39 is 28.5 Å². The Bertz CT molecular complexity index is 1260. The van der Waals surface area contributed by atoms with E-state index in [1.807, 2.05) is 53.9 Å². The molecule has 0 spiro atoms. The maximum Gasteiger partial charge on any atom is 0.323 e. The van der Waals surface area contributed by atoms with Crippen LogP contribution >= 0.6 is 22.9 Å². The highest BCUT2D eigenvalue weighted by Crippen LogP contribution is 2.48. The van der Waals surface area contributed by atoms with E-state index in [1.54, 1.807) is 58.9 Å². The van der Waals surface area contributed by atoms with Gasteiger partial charge in [0.1, 0.15) is 23.7 Å². The van der Waals surface area contributed by atoms with Crippen LogP contribution in [0.15, 0.2) is 60.0 Å². The maximum atomic E-state index is 13.8. The molecule has 0 radical (unpaired) electrons. The smallest absolute Gasteiger partial charge is 0.323 e. The molecule has 2 heterocycles. The molecule has 0 amide bonds. The van der Waals surface area contributed by atoms with Crippen LogP contribution in [0, 0.1) is 0 Å². The van der Waals surface area contributed by atoms with E-state index >= 15 is 0 Å². The molecular formula is C29H34ClNO5S. The molecular weight excluding hydrogens is 510 g/mol. The molecule has 1 aliphatic rings. The third kappa shape index (κ3) is 5.71. The molecule has 2 N–H and O–H groups in total. The maximum absolute atomic E-state index is 13.8. The second-order valence-corrected chi connectivity index (χ2v) is 12.2. The van der Waals surface area contributed by atoms with Gasteiger partial charge in [-0.1, -0.05) is 54.1 Å². The van der Waals surface area contributed by atoms with Crippen molar-refractivity contribution in [2.24, 2.45) is 5.73 Å². The quantitative estimate of drug-likeness (QED) is 0.349. The summed E-state index contributed by atoms with van der Waals surface area (Å²) in [4.78, 5) is 14.7. The van der Waals surface area contributed by atoms with Crippen LogP contribution in [-0.2, 0) is 31.0 Å². The predicted molar refractivity (Wildman–Crippen MR) is 147 cm³/mol. The molecule has 3 aromatic rings. The van der Waals surface area contributed by atoms with Crippen LogP contribution < -0.4 is 10.5 Å². The first-order valence-corrected chi connectivity index (χ1v) is 13.4. The number of carbonyl (C=O) groups excluding carboxylic acids is 1. The monoisotopic (exact) mass is 543 g/mol. The average Bonchev–Trinajstić information content (AvgIpc) is 3.25. The molecule has 1 aromatic heterocycles. The second-order valence-electron chi connectivity index (χ2n) is 10.9. The summed E-state index contributed by atoms with van der Waals surface area (Å²) in [5.41, 5.74) is 5.45. The van der Waals surface area contributed by atoms with Gasteiger partial charge in [-0.15, -0.1) is 11.3 Å². The average molecular weight is 544 g/mol. The van der Waals surface area contributed by atoms with Gasteiger partial charge in [0.25, 0.3) is 0 Å². The Morgan fingerprint density at radius 3 is 2.43 bits per heavy atom. The molecule has 1 saturated heterocycles.